The normalized spacial score (nSPS) is 13.4. The first-order chi connectivity index (χ1) is 8.57. The third-order valence-electron chi connectivity index (χ3n) is 2.41. The van der Waals surface area contributed by atoms with Crippen LogP contribution in [0.5, 0.6) is 0 Å². The molecular weight excluding hydrogens is 271 g/mol. The molecule has 0 radical (unpaired) electrons. The SMILES string of the molecule is O=P(O)(O)C(NCc1ccccc1)c1cscn1. The van der Waals surface area contributed by atoms with Crippen LogP contribution in [-0.4, -0.2) is 14.8 Å². The van der Waals surface area contributed by atoms with Gasteiger partial charge in [0.2, 0.25) is 0 Å². The summed E-state index contributed by atoms with van der Waals surface area (Å²) in [6.45, 7) is 0.383. The highest BCUT2D eigenvalue weighted by Crippen LogP contribution is 2.49. The van der Waals surface area contributed by atoms with Crippen molar-refractivity contribution in [2.24, 2.45) is 0 Å². The van der Waals surface area contributed by atoms with Gasteiger partial charge in [-0.25, -0.2) is 4.98 Å². The fraction of sp³-hybridized carbons (Fsp3) is 0.182. The first-order valence-electron chi connectivity index (χ1n) is 5.28. The largest absolute Gasteiger partial charge is 0.348 e. The van der Waals surface area contributed by atoms with Crippen molar-refractivity contribution < 1.29 is 14.4 Å². The lowest BCUT2D eigenvalue weighted by Crippen LogP contribution is -2.21. The van der Waals surface area contributed by atoms with E-state index >= 15 is 0 Å². The molecule has 0 spiro atoms. The van der Waals surface area contributed by atoms with Crippen molar-refractivity contribution >= 4 is 18.9 Å². The van der Waals surface area contributed by atoms with Crippen LogP contribution in [-0.2, 0) is 11.1 Å². The molecule has 0 saturated carbocycles. The molecule has 18 heavy (non-hydrogen) atoms. The fourth-order valence-electron chi connectivity index (χ4n) is 1.56. The van der Waals surface area contributed by atoms with Gasteiger partial charge in [0.25, 0.3) is 0 Å². The summed E-state index contributed by atoms with van der Waals surface area (Å²) in [6.07, 6.45) is 0. The van der Waals surface area contributed by atoms with E-state index < -0.39 is 13.4 Å². The Kier molecular flexibility index (Phi) is 4.27. The molecular formula is C11H13N2O3PS. The van der Waals surface area contributed by atoms with Crippen LogP contribution < -0.4 is 5.32 Å². The molecule has 1 aromatic carbocycles. The van der Waals surface area contributed by atoms with Crippen LogP contribution in [0.3, 0.4) is 0 Å². The Hall–Kier alpha value is -1.04. The number of hydrogen-bond donors (Lipinski definition) is 3. The molecule has 1 aromatic heterocycles. The summed E-state index contributed by atoms with van der Waals surface area (Å²) in [7, 11) is -4.27. The zero-order valence-corrected chi connectivity index (χ0v) is 11.1. The molecule has 0 fully saturated rings. The summed E-state index contributed by atoms with van der Waals surface area (Å²) in [5.41, 5.74) is 2.90. The third-order valence-corrected chi connectivity index (χ3v) is 4.13. The molecule has 96 valence electrons. The predicted molar refractivity (Wildman–Crippen MR) is 70.2 cm³/mol. The first-order valence-corrected chi connectivity index (χ1v) is 7.90. The maximum Gasteiger partial charge on any atom is 0.348 e. The molecule has 0 bridgehead atoms. The highest BCUT2D eigenvalue weighted by molar-refractivity contribution is 7.52. The Morgan fingerprint density at radius 3 is 2.61 bits per heavy atom. The molecule has 2 rings (SSSR count). The third kappa shape index (κ3) is 3.48. The van der Waals surface area contributed by atoms with Crippen LogP contribution in [0, 0.1) is 0 Å². The molecule has 0 saturated heterocycles. The van der Waals surface area contributed by atoms with Crippen LogP contribution in [0.1, 0.15) is 17.0 Å². The van der Waals surface area contributed by atoms with Gasteiger partial charge in [-0.05, 0) is 5.56 Å². The van der Waals surface area contributed by atoms with Gasteiger partial charge in [0.1, 0.15) is 0 Å². The Bertz CT molecular complexity index is 526. The fourth-order valence-corrected chi connectivity index (χ4v) is 3.06. The van der Waals surface area contributed by atoms with E-state index in [9.17, 15) is 14.4 Å². The minimum Gasteiger partial charge on any atom is -0.323 e. The van der Waals surface area contributed by atoms with E-state index in [0.29, 0.717) is 12.2 Å². The summed E-state index contributed by atoms with van der Waals surface area (Å²) in [4.78, 5) is 22.6. The van der Waals surface area contributed by atoms with Crippen LogP contribution in [0.4, 0.5) is 0 Å². The molecule has 1 unspecified atom stereocenters. The summed E-state index contributed by atoms with van der Waals surface area (Å²) in [5, 5.41) is 4.50. The number of aromatic nitrogens is 1. The van der Waals surface area contributed by atoms with Gasteiger partial charge >= 0.3 is 7.60 Å². The Labute approximate surface area is 109 Å². The molecule has 7 heteroatoms. The molecule has 0 amide bonds. The number of hydrogen-bond acceptors (Lipinski definition) is 4. The number of nitrogens with zero attached hydrogens (tertiary/aromatic N) is 1. The maximum absolute atomic E-state index is 11.4. The van der Waals surface area contributed by atoms with Gasteiger partial charge < -0.3 is 9.79 Å². The Morgan fingerprint density at radius 1 is 1.33 bits per heavy atom. The minimum atomic E-state index is -4.27. The van der Waals surface area contributed by atoms with Gasteiger partial charge in [0, 0.05) is 11.9 Å². The van der Waals surface area contributed by atoms with Gasteiger partial charge in [-0.2, -0.15) is 0 Å². The quantitative estimate of drug-likeness (QED) is 0.732. The maximum atomic E-state index is 11.4. The molecule has 1 atom stereocenters. The van der Waals surface area contributed by atoms with E-state index in [0.717, 1.165) is 5.56 Å². The average Bonchev–Trinajstić information content (AvgIpc) is 2.82. The zero-order valence-electron chi connectivity index (χ0n) is 9.43. The van der Waals surface area contributed by atoms with E-state index in [1.54, 1.807) is 10.9 Å². The lowest BCUT2D eigenvalue weighted by Gasteiger charge is -2.18. The molecule has 0 aliphatic heterocycles. The van der Waals surface area contributed by atoms with Crippen LogP contribution in [0.2, 0.25) is 0 Å². The topological polar surface area (TPSA) is 82.5 Å². The number of nitrogens with one attached hydrogen (secondary N) is 1. The van der Waals surface area contributed by atoms with Crippen molar-refractivity contribution in [2.75, 3.05) is 0 Å². The summed E-state index contributed by atoms with van der Waals surface area (Å²) in [5.74, 6) is -1.05. The highest BCUT2D eigenvalue weighted by Gasteiger charge is 2.31. The number of thiazole rings is 1. The summed E-state index contributed by atoms with van der Waals surface area (Å²) >= 11 is 1.31. The van der Waals surface area contributed by atoms with Gasteiger partial charge in [-0.15, -0.1) is 11.3 Å². The van der Waals surface area contributed by atoms with Gasteiger partial charge in [-0.3, -0.25) is 9.88 Å². The lowest BCUT2D eigenvalue weighted by molar-refractivity contribution is 0.346. The second kappa shape index (κ2) is 5.73. The second-order valence-electron chi connectivity index (χ2n) is 3.77. The minimum absolute atomic E-state index is 0.379. The van der Waals surface area contributed by atoms with Crippen molar-refractivity contribution in [3.63, 3.8) is 0 Å². The van der Waals surface area contributed by atoms with E-state index in [4.69, 9.17) is 0 Å². The van der Waals surface area contributed by atoms with Crippen LogP contribution in [0.15, 0.2) is 41.2 Å². The highest BCUT2D eigenvalue weighted by atomic mass is 32.1. The average molecular weight is 284 g/mol. The zero-order chi connectivity index (χ0) is 13.0. The Morgan fingerprint density at radius 2 is 2.06 bits per heavy atom. The summed E-state index contributed by atoms with van der Waals surface area (Å²) < 4.78 is 11.4. The predicted octanol–water partition coefficient (Wildman–Crippen LogP) is 2.11. The van der Waals surface area contributed by atoms with E-state index in [1.807, 2.05) is 30.3 Å². The van der Waals surface area contributed by atoms with Gasteiger partial charge in [0.05, 0.1) is 11.2 Å². The molecule has 0 aliphatic carbocycles. The van der Waals surface area contributed by atoms with Crippen molar-refractivity contribution in [3.8, 4) is 0 Å². The number of benzene rings is 1. The van der Waals surface area contributed by atoms with Crippen LogP contribution >= 0.6 is 18.9 Å². The summed E-state index contributed by atoms with van der Waals surface area (Å²) in [6, 6.07) is 9.44. The van der Waals surface area contributed by atoms with Crippen LogP contribution in [0.25, 0.3) is 0 Å². The number of rotatable bonds is 5. The molecule has 3 N–H and O–H groups in total. The molecule has 2 aromatic rings. The van der Waals surface area contributed by atoms with Gasteiger partial charge in [-0.1, -0.05) is 30.3 Å². The van der Waals surface area contributed by atoms with Crippen molar-refractivity contribution in [1.29, 1.82) is 0 Å². The molecule has 5 nitrogen and oxygen atoms in total. The van der Waals surface area contributed by atoms with E-state index in [1.165, 1.54) is 11.3 Å². The molecule has 1 heterocycles. The molecule has 0 aliphatic rings. The Balaban J connectivity index is 2.10. The first kappa shape index (κ1) is 13.4. The van der Waals surface area contributed by atoms with Crippen molar-refractivity contribution in [1.82, 2.24) is 10.3 Å². The van der Waals surface area contributed by atoms with Crippen molar-refractivity contribution in [3.05, 3.63) is 52.5 Å². The monoisotopic (exact) mass is 284 g/mol. The van der Waals surface area contributed by atoms with E-state index in [2.05, 4.69) is 10.3 Å². The standard InChI is InChI=1S/C11H13N2O3PS/c14-17(15,16)11(10-7-18-8-13-10)12-6-9-4-2-1-3-5-9/h1-5,7-8,11-12H,6H2,(H2,14,15,16). The van der Waals surface area contributed by atoms with E-state index in [-0.39, 0.29) is 0 Å². The van der Waals surface area contributed by atoms with Crippen molar-refractivity contribution in [2.45, 2.75) is 12.3 Å². The second-order valence-corrected chi connectivity index (χ2v) is 6.18. The van der Waals surface area contributed by atoms with Gasteiger partial charge in [0.15, 0.2) is 5.78 Å². The smallest absolute Gasteiger partial charge is 0.323 e. The lowest BCUT2D eigenvalue weighted by atomic mass is 10.2.